The van der Waals surface area contributed by atoms with Crippen molar-refractivity contribution in [2.75, 3.05) is 22.5 Å². The molecule has 1 amide bonds. The predicted octanol–water partition coefficient (Wildman–Crippen LogP) is 3.31. The number of para-hydroxylation sites is 1. The van der Waals surface area contributed by atoms with Crippen LogP contribution in [-0.2, 0) is 19.6 Å². The Labute approximate surface area is 169 Å². The summed E-state index contributed by atoms with van der Waals surface area (Å²) < 4.78 is 30.4. The second-order valence-corrected chi connectivity index (χ2v) is 8.24. The van der Waals surface area contributed by atoms with Gasteiger partial charge < -0.3 is 10.1 Å². The Morgan fingerprint density at radius 3 is 2.36 bits per heavy atom. The van der Waals surface area contributed by atoms with Crippen LogP contribution in [0.4, 0.5) is 11.4 Å². The minimum atomic E-state index is -3.71. The van der Waals surface area contributed by atoms with E-state index in [2.05, 4.69) is 5.32 Å². The lowest BCUT2D eigenvalue weighted by molar-refractivity contribution is -0.116. The molecule has 150 valence electrons. The minimum absolute atomic E-state index is 0.136. The molecule has 0 aromatic heterocycles. The number of sulfonamides is 1. The maximum atomic E-state index is 12.7. The zero-order valence-corrected chi connectivity index (χ0v) is 17.3. The summed E-state index contributed by atoms with van der Waals surface area (Å²) in [6.45, 7) is 3.40. The fraction of sp³-hybridized carbons (Fsp3) is 0.263. The molecule has 0 bridgehead atoms. The Morgan fingerprint density at radius 1 is 1.18 bits per heavy atom. The average Bonchev–Trinajstić information content (AvgIpc) is 2.63. The van der Waals surface area contributed by atoms with Crippen molar-refractivity contribution in [3.05, 3.63) is 59.1 Å². The smallest absolute Gasteiger partial charge is 0.338 e. The molecule has 0 aliphatic carbocycles. The Morgan fingerprint density at radius 2 is 1.82 bits per heavy atom. The van der Waals surface area contributed by atoms with Crippen LogP contribution >= 0.6 is 11.6 Å². The highest BCUT2D eigenvalue weighted by molar-refractivity contribution is 7.92. The number of benzene rings is 2. The number of hydrogen-bond donors (Lipinski definition) is 1. The number of amides is 1. The highest BCUT2D eigenvalue weighted by Crippen LogP contribution is 2.25. The highest BCUT2D eigenvalue weighted by atomic mass is 35.5. The fourth-order valence-electron chi connectivity index (χ4n) is 2.58. The Balaban J connectivity index is 2.24. The molecule has 7 nitrogen and oxygen atoms in total. The summed E-state index contributed by atoms with van der Waals surface area (Å²) in [4.78, 5) is 24.4. The topological polar surface area (TPSA) is 92.8 Å². The summed E-state index contributed by atoms with van der Waals surface area (Å²) in [5.41, 5.74) is 0.879. The number of nitrogens with zero attached hydrogens (tertiary/aromatic N) is 1. The van der Waals surface area contributed by atoms with Crippen LogP contribution in [-0.4, -0.2) is 39.2 Å². The molecular formula is C19H21ClN2O5S. The van der Waals surface area contributed by atoms with E-state index in [0.29, 0.717) is 5.69 Å². The second-order valence-electron chi connectivity index (χ2n) is 5.97. The van der Waals surface area contributed by atoms with E-state index in [0.717, 1.165) is 10.6 Å². The molecule has 0 heterocycles. The first-order valence-corrected chi connectivity index (χ1v) is 10.7. The lowest BCUT2D eigenvalue weighted by atomic mass is 10.2. The third-order valence-corrected chi connectivity index (χ3v) is 5.39. The van der Waals surface area contributed by atoms with Crippen molar-refractivity contribution in [2.45, 2.75) is 19.9 Å². The number of nitrogens with one attached hydrogen (secondary N) is 1. The van der Waals surface area contributed by atoms with Crippen LogP contribution in [0.1, 0.15) is 24.2 Å². The van der Waals surface area contributed by atoms with Crippen molar-refractivity contribution in [3.8, 4) is 0 Å². The van der Waals surface area contributed by atoms with Crippen molar-refractivity contribution >= 4 is 44.9 Å². The van der Waals surface area contributed by atoms with Gasteiger partial charge in [-0.2, -0.15) is 0 Å². The van der Waals surface area contributed by atoms with Crippen molar-refractivity contribution in [1.29, 1.82) is 0 Å². The highest BCUT2D eigenvalue weighted by Gasteiger charge is 2.29. The number of anilines is 2. The molecule has 0 saturated heterocycles. The van der Waals surface area contributed by atoms with E-state index in [1.54, 1.807) is 37.3 Å². The molecule has 2 aromatic rings. The van der Waals surface area contributed by atoms with Gasteiger partial charge in [-0.3, -0.25) is 9.10 Å². The second kappa shape index (κ2) is 9.07. The van der Waals surface area contributed by atoms with E-state index < -0.39 is 27.9 Å². The number of hydrogen-bond acceptors (Lipinski definition) is 5. The number of ether oxygens (including phenoxy) is 1. The fourth-order valence-corrected chi connectivity index (χ4v) is 3.98. The zero-order chi connectivity index (χ0) is 20.9. The van der Waals surface area contributed by atoms with Crippen LogP contribution in [0.3, 0.4) is 0 Å². The van der Waals surface area contributed by atoms with E-state index >= 15 is 0 Å². The van der Waals surface area contributed by atoms with E-state index in [4.69, 9.17) is 16.3 Å². The number of halogens is 1. The van der Waals surface area contributed by atoms with Gasteiger partial charge in [-0.15, -0.1) is 0 Å². The first kappa shape index (κ1) is 21.7. The quantitative estimate of drug-likeness (QED) is 0.688. The largest absolute Gasteiger partial charge is 0.462 e. The van der Waals surface area contributed by atoms with E-state index in [1.807, 2.05) is 0 Å². The average molecular weight is 425 g/mol. The molecule has 28 heavy (non-hydrogen) atoms. The van der Waals surface area contributed by atoms with Crippen LogP contribution < -0.4 is 9.62 Å². The molecule has 0 saturated carbocycles. The van der Waals surface area contributed by atoms with Crippen LogP contribution in [0.25, 0.3) is 0 Å². The number of esters is 1. The molecule has 2 aromatic carbocycles. The van der Waals surface area contributed by atoms with Crippen molar-refractivity contribution in [2.24, 2.45) is 0 Å². The zero-order valence-electron chi connectivity index (χ0n) is 15.7. The molecule has 1 atom stereocenters. The summed E-state index contributed by atoms with van der Waals surface area (Å²) in [7, 11) is -3.71. The molecule has 0 spiro atoms. The van der Waals surface area contributed by atoms with Gasteiger partial charge in [0.1, 0.15) is 6.04 Å². The summed E-state index contributed by atoms with van der Waals surface area (Å²) >= 11 is 6.15. The van der Waals surface area contributed by atoms with Crippen LogP contribution in [0.5, 0.6) is 0 Å². The van der Waals surface area contributed by atoms with Crippen LogP contribution in [0.15, 0.2) is 48.5 Å². The monoisotopic (exact) mass is 424 g/mol. The maximum Gasteiger partial charge on any atom is 0.338 e. The summed E-state index contributed by atoms with van der Waals surface area (Å²) in [5.74, 6) is -1.09. The molecule has 0 aliphatic rings. The first-order chi connectivity index (χ1) is 13.1. The Hall–Kier alpha value is -2.58. The van der Waals surface area contributed by atoms with Crippen molar-refractivity contribution in [3.63, 3.8) is 0 Å². The molecule has 0 aliphatic heterocycles. The molecule has 9 heteroatoms. The van der Waals surface area contributed by atoms with Gasteiger partial charge in [0.2, 0.25) is 15.9 Å². The van der Waals surface area contributed by atoms with Gasteiger partial charge in [-0.25, -0.2) is 13.2 Å². The van der Waals surface area contributed by atoms with Crippen LogP contribution in [0, 0.1) is 0 Å². The molecule has 1 N–H and O–H groups in total. The van der Waals surface area contributed by atoms with E-state index in [9.17, 15) is 18.0 Å². The van der Waals surface area contributed by atoms with Crippen molar-refractivity contribution < 1.29 is 22.7 Å². The summed E-state index contributed by atoms with van der Waals surface area (Å²) in [5, 5.41) is 2.74. The minimum Gasteiger partial charge on any atom is -0.462 e. The lowest BCUT2D eigenvalue weighted by Gasteiger charge is -2.28. The SMILES string of the molecule is CCOC(=O)c1ccc(NC(=O)C(C)N(c2ccccc2)S(C)(=O)=O)c(Cl)c1. The summed E-state index contributed by atoms with van der Waals surface area (Å²) in [6, 6.07) is 11.6. The molecule has 0 fully saturated rings. The number of rotatable bonds is 7. The number of carbonyl (C=O) groups is 2. The number of carbonyl (C=O) groups excluding carboxylic acids is 2. The third kappa shape index (κ3) is 5.24. The third-order valence-electron chi connectivity index (χ3n) is 3.84. The van der Waals surface area contributed by atoms with Gasteiger partial charge in [0.25, 0.3) is 0 Å². The van der Waals surface area contributed by atoms with E-state index in [1.165, 1.54) is 25.1 Å². The summed E-state index contributed by atoms with van der Waals surface area (Å²) in [6.07, 6.45) is 1.03. The van der Waals surface area contributed by atoms with Gasteiger partial charge in [0, 0.05) is 0 Å². The van der Waals surface area contributed by atoms with Gasteiger partial charge in [-0.05, 0) is 44.2 Å². The molecule has 1 unspecified atom stereocenters. The van der Waals surface area contributed by atoms with Gasteiger partial charge in [0.15, 0.2) is 0 Å². The van der Waals surface area contributed by atoms with E-state index in [-0.39, 0.29) is 22.9 Å². The van der Waals surface area contributed by atoms with Gasteiger partial charge in [0.05, 0.1) is 34.8 Å². The normalized spacial score (nSPS) is 12.1. The molecule has 0 radical (unpaired) electrons. The lowest BCUT2D eigenvalue weighted by Crippen LogP contribution is -2.45. The standard InChI is InChI=1S/C19H21ClN2O5S/c1-4-27-19(24)14-10-11-17(16(20)12-14)21-18(23)13(2)22(28(3,25)26)15-8-6-5-7-9-15/h5-13H,4H2,1-3H3,(H,21,23). The maximum absolute atomic E-state index is 12.7. The van der Waals surface area contributed by atoms with Gasteiger partial charge in [-0.1, -0.05) is 29.8 Å². The Bertz CT molecular complexity index is 964. The predicted molar refractivity (Wildman–Crippen MR) is 109 cm³/mol. The molecule has 2 rings (SSSR count). The first-order valence-electron chi connectivity index (χ1n) is 8.47. The Kier molecular flexibility index (Phi) is 7.04. The van der Waals surface area contributed by atoms with Gasteiger partial charge >= 0.3 is 5.97 Å². The van der Waals surface area contributed by atoms with Crippen molar-refractivity contribution in [1.82, 2.24) is 0 Å². The molecular weight excluding hydrogens is 404 g/mol. The van der Waals surface area contributed by atoms with Crippen LogP contribution in [0.2, 0.25) is 5.02 Å².